The van der Waals surface area contributed by atoms with Gasteiger partial charge < -0.3 is 10.5 Å². The first-order valence-corrected chi connectivity index (χ1v) is 7.99. The van der Waals surface area contributed by atoms with Gasteiger partial charge in [-0.3, -0.25) is 0 Å². The fourth-order valence-corrected chi connectivity index (χ4v) is 3.00. The van der Waals surface area contributed by atoms with Crippen LogP contribution in [0, 0.1) is 0 Å². The van der Waals surface area contributed by atoms with E-state index in [1.54, 1.807) is 6.92 Å². The van der Waals surface area contributed by atoms with Crippen LogP contribution in [0.25, 0.3) is 0 Å². The quantitative estimate of drug-likeness (QED) is 0.649. The van der Waals surface area contributed by atoms with Crippen LogP contribution in [0.1, 0.15) is 18.1 Å². The Bertz CT molecular complexity index is 505. The Labute approximate surface area is 121 Å². The third-order valence-corrected chi connectivity index (χ3v) is 4.60. The van der Waals surface area contributed by atoms with Crippen molar-refractivity contribution in [1.29, 1.82) is 0 Å². The molecule has 1 rings (SSSR count). The van der Waals surface area contributed by atoms with Crippen LogP contribution in [-0.2, 0) is 28.0 Å². The van der Waals surface area contributed by atoms with Crippen LogP contribution in [0.3, 0.4) is 0 Å². The number of hydrogen-bond acceptors (Lipinski definition) is 4. The van der Waals surface area contributed by atoms with Crippen LogP contribution >= 0.6 is 0 Å². The lowest BCUT2D eigenvalue weighted by molar-refractivity contribution is 0.203. The fraction of sp³-hybridized carbons (Fsp3) is 0.538. The van der Waals surface area contributed by atoms with Gasteiger partial charge in [-0.25, -0.2) is 0 Å². The molecule has 0 atom stereocenters. The summed E-state index contributed by atoms with van der Waals surface area (Å²) >= 11 is 0. The van der Waals surface area contributed by atoms with Gasteiger partial charge in [0.15, 0.2) is 0 Å². The zero-order valence-electron chi connectivity index (χ0n) is 12.0. The van der Waals surface area contributed by atoms with Crippen LogP contribution in [0.15, 0.2) is 24.3 Å². The first-order valence-electron chi connectivity index (χ1n) is 6.55. The van der Waals surface area contributed by atoms with Crippen LogP contribution in [0.5, 0.6) is 0 Å². The van der Waals surface area contributed by atoms with Crippen LogP contribution in [-0.4, -0.2) is 39.5 Å². The maximum absolute atomic E-state index is 12.2. The number of nitrogens with two attached hydrogens (primary N) is 1. The van der Waals surface area contributed by atoms with Gasteiger partial charge in [0.25, 0.3) is 10.2 Å². The molecule has 3 N–H and O–H groups in total. The van der Waals surface area contributed by atoms with E-state index in [1.807, 2.05) is 24.3 Å². The lowest BCUT2D eigenvalue weighted by Crippen LogP contribution is -2.41. The lowest BCUT2D eigenvalue weighted by Gasteiger charge is -2.22. The predicted molar refractivity (Wildman–Crippen MR) is 79.2 cm³/mol. The van der Waals surface area contributed by atoms with Crippen molar-refractivity contribution in [2.45, 2.75) is 20.0 Å². The monoisotopic (exact) mass is 301 g/mol. The van der Waals surface area contributed by atoms with Gasteiger partial charge in [0.05, 0.1) is 6.61 Å². The Morgan fingerprint density at radius 3 is 2.50 bits per heavy atom. The van der Waals surface area contributed by atoms with Crippen LogP contribution in [0.2, 0.25) is 0 Å². The molecule has 0 fully saturated rings. The highest BCUT2D eigenvalue weighted by Crippen LogP contribution is 2.13. The summed E-state index contributed by atoms with van der Waals surface area (Å²) in [5.74, 6) is 0. The Balaban J connectivity index is 2.80. The zero-order valence-corrected chi connectivity index (χ0v) is 12.8. The van der Waals surface area contributed by atoms with E-state index in [-0.39, 0.29) is 6.54 Å². The Hall–Kier alpha value is -0.990. The Morgan fingerprint density at radius 2 is 1.95 bits per heavy atom. The molecule has 0 bridgehead atoms. The summed E-state index contributed by atoms with van der Waals surface area (Å²) in [6.45, 7) is 3.50. The molecular weight excluding hydrogens is 278 g/mol. The number of hydrogen-bond donors (Lipinski definition) is 2. The molecule has 0 aromatic heterocycles. The van der Waals surface area contributed by atoms with E-state index >= 15 is 0 Å². The number of ether oxygens (including phenoxy) is 1. The Kier molecular flexibility index (Phi) is 7.11. The van der Waals surface area contributed by atoms with Gasteiger partial charge in [0.1, 0.15) is 0 Å². The van der Waals surface area contributed by atoms with Crippen molar-refractivity contribution in [2.75, 3.05) is 26.8 Å². The SMILES string of the molecule is CCN(Cc1ccccc1CN)S(=O)(=O)NCCOC. The number of methoxy groups -OCH3 is 1. The van der Waals surface area contributed by atoms with Crippen LogP contribution < -0.4 is 10.5 Å². The molecule has 0 aliphatic heterocycles. The highest BCUT2D eigenvalue weighted by molar-refractivity contribution is 7.87. The number of nitrogens with one attached hydrogen (secondary N) is 1. The number of nitrogens with zero attached hydrogens (tertiary/aromatic N) is 1. The summed E-state index contributed by atoms with van der Waals surface area (Å²) in [5.41, 5.74) is 7.56. The molecule has 0 aliphatic carbocycles. The molecule has 0 saturated carbocycles. The fourth-order valence-electron chi connectivity index (χ4n) is 1.83. The molecule has 114 valence electrons. The molecule has 0 saturated heterocycles. The topological polar surface area (TPSA) is 84.7 Å². The zero-order chi connectivity index (χ0) is 15.0. The summed E-state index contributed by atoms with van der Waals surface area (Å²) in [6, 6.07) is 7.59. The summed E-state index contributed by atoms with van der Waals surface area (Å²) in [5, 5.41) is 0. The second-order valence-electron chi connectivity index (χ2n) is 4.29. The summed E-state index contributed by atoms with van der Waals surface area (Å²) in [4.78, 5) is 0. The molecule has 0 unspecified atom stereocenters. The largest absolute Gasteiger partial charge is 0.383 e. The first kappa shape index (κ1) is 17.1. The van der Waals surface area contributed by atoms with Gasteiger partial charge in [0, 0.05) is 33.3 Å². The maximum atomic E-state index is 12.2. The highest BCUT2D eigenvalue weighted by Gasteiger charge is 2.20. The molecule has 7 heteroatoms. The standard InChI is InChI=1S/C13H23N3O3S/c1-3-16(20(17,18)15-8-9-19-2)11-13-7-5-4-6-12(13)10-14/h4-7,15H,3,8-11,14H2,1-2H3. The molecule has 0 aliphatic rings. The third kappa shape index (κ3) is 4.84. The summed E-state index contributed by atoms with van der Waals surface area (Å²) in [6.07, 6.45) is 0. The van der Waals surface area contributed by atoms with Gasteiger partial charge >= 0.3 is 0 Å². The van der Waals surface area contributed by atoms with Crippen molar-refractivity contribution in [1.82, 2.24) is 9.03 Å². The molecular formula is C13H23N3O3S. The van der Waals surface area contributed by atoms with Crippen molar-refractivity contribution < 1.29 is 13.2 Å². The van der Waals surface area contributed by atoms with Gasteiger partial charge in [-0.2, -0.15) is 17.4 Å². The molecule has 1 aromatic carbocycles. The van der Waals surface area contributed by atoms with E-state index < -0.39 is 10.2 Å². The highest BCUT2D eigenvalue weighted by atomic mass is 32.2. The second kappa shape index (κ2) is 8.33. The molecule has 20 heavy (non-hydrogen) atoms. The second-order valence-corrected chi connectivity index (χ2v) is 6.05. The van der Waals surface area contributed by atoms with Crippen molar-refractivity contribution in [2.24, 2.45) is 5.73 Å². The van der Waals surface area contributed by atoms with E-state index in [4.69, 9.17) is 10.5 Å². The lowest BCUT2D eigenvalue weighted by atomic mass is 10.1. The van der Waals surface area contributed by atoms with Crippen molar-refractivity contribution in [3.05, 3.63) is 35.4 Å². The minimum absolute atomic E-state index is 0.258. The molecule has 0 spiro atoms. The normalized spacial score (nSPS) is 12.0. The van der Waals surface area contributed by atoms with Gasteiger partial charge in [-0.05, 0) is 11.1 Å². The minimum atomic E-state index is -3.51. The molecule has 6 nitrogen and oxygen atoms in total. The molecule has 0 radical (unpaired) electrons. The summed E-state index contributed by atoms with van der Waals surface area (Å²) < 4.78 is 33.1. The number of benzene rings is 1. The predicted octanol–water partition coefficient (Wildman–Crippen LogP) is 0.448. The average molecular weight is 301 g/mol. The third-order valence-electron chi connectivity index (χ3n) is 2.97. The van der Waals surface area contributed by atoms with Gasteiger partial charge in [-0.15, -0.1) is 0 Å². The van der Waals surface area contributed by atoms with Crippen molar-refractivity contribution >= 4 is 10.2 Å². The number of rotatable bonds is 9. The van der Waals surface area contributed by atoms with E-state index in [0.717, 1.165) is 11.1 Å². The molecule has 0 heterocycles. The van der Waals surface area contributed by atoms with Gasteiger partial charge in [0.2, 0.25) is 0 Å². The smallest absolute Gasteiger partial charge is 0.279 e. The molecule has 0 amide bonds. The average Bonchev–Trinajstić information content (AvgIpc) is 2.45. The van der Waals surface area contributed by atoms with Crippen molar-refractivity contribution in [3.8, 4) is 0 Å². The Morgan fingerprint density at radius 1 is 1.30 bits per heavy atom. The van der Waals surface area contributed by atoms with E-state index in [0.29, 0.717) is 26.2 Å². The minimum Gasteiger partial charge on any atom is -0.383 e. The van der Waals surface area contributed by atoms with E-state index in [9.17, 15) is 8.42 Å². The van der Waals surface area contributed by atoms with Crippen molar-refractivity contribution in [3.63, 3.8) is 0 Å². The van der Waals surface area contributed by atoms with Gasteiger partial charge in [-0.1, -0.05) is 31.2 Å². The summed E-state index contributed by atoms with van der Waals surface area (Å²) in [7, 11) is -1.97. The van der Waals surface area contributed by atoms with Crippen LogP contribution in [0.4, 0.5) is 0 Å². The van der Waals surface area contributed by atoms with E-state index in [2.05, 4.69) is 4.72 Å². The first-order chi connectivity index (χ1) is 9.55. The molecule has 1 aromatic rings. The van der Waals surface area contributed by atoms with E-state index in [1.165, 1.54) is 11.4 Å². The maximum Gasteiger partial charge on any atom is 0.279 e.